The molecule has 0 atom stereocenters. The SMILES string of the molecule is CCCN(C1CCNCC1)S(=O)(=O)c1cnn(C2CCOCC2)c1.Cl. The summed E-state index contributed by atoms with van der Waals surface area (Å²) in [5.41, 5.74) is 0. The normalized spacial score (nSPS) is 20.6. The summed E-state index contributed by atoms with van der Waals surface area (Å²) in [6, 6.07) is 0.323. The molecule has 0 aliphatic carbocycles. The third kappa shape index (κ3) is 4.74. The molecule has 3 heterocycles. The van der Waals surface area contributed by atoms with E-state index in [1.807, 2.05) is 11.6 Å². The van der Waals surface area contributed by atoms with Crippen LogP contribution < -0.4 is 5.32 Å². The molecule has 0 radical (unpaired) electrons. The molecule has 0 amide bonds. The third-order valence-corrected chi connectivity index (χ3v) is 6.81. The molecule has 1 N–H and O–H groups in total. The maximum Gasteiger partial charge on any atom is 0.246 e. The van der Waals surface area contributed by atoms with Crippen molar-refractivity contribution in [2.24, 2.45) is 0 Å². The second kappa shape index (κ2) is 9.32. The van der Waals surface area contributed by atoms with Gasteiger partial charge in [0.15, 0.2) is 0 Å². The molecule has 1 aromatic heterocycles. The van der Waals surface area contributed by atoms with Crippen LogP contribution in [-0.2, 0) is 14.8 Å². The average Bonchev–Trinajstić information content (AvgIpc) is 3.12. The van der Waals surface area contributed by atoms with Gasteiger partial charge in [-0.3, -0.25) is 4.68 Å². The molecule has 0 aromatic carbocycles. The van der Waals surface area contributed by atoms with Gasteiger partial charge in [-0.2, -0.15) is 9.40 Å². The monoisotopic (exact) mass is 392 g/mol. The first-order valence-corrected chi connectivity index (χ1v) is 10.4. The van der Waals surface area contributed by atoms with E-state index in [1.54, 1.807) is 10.5 Å². The molecule has 0 saturated carbocycles. The zero-order valence-corrected chi connectivity index (χ0v) is 16.4. The Morgan fingerprint density at radius 3 is 2.60 bits per heavy atom. The smallest absolute Gasteiger partial charge is 0.246 e. The standard InChI is InChI=1S/C16H28N4O3S.ClH/c1-2-9-20(15-3-7-17-8-4-15)24(21,22)16-12-18-19(13-16)14-5-10-23-11-6-14;/h12-15,17H,2-11H2,1H3;1H. The summed E-state index contributed by atoms with van der Waals surface area (Å²) in [7, 11) is -3.49. The van der Waals surface area contributed by atoms with Crippen LogP contribution in [0, 0.1) is 0 Å². The van der Waals surface area contributed by atoms with E-state index in [4.69, 9.17) is 4.74 Å². The first-order valence-electron chi connectivity index (χ1n) is 8.97. The molecular weight excluding hydrogens is 364 g/mol. The summed E-state index contributed by atoms with van der Waals surface area (Å²) >= 11 is 0. The van der Waals surface area contributed by atoms with Crippen LogP contribution in [0.2, 0.25) is 0 Å². The number of aromatic nitrogens is 2. The highest BCUT2D eigenvalue weighted by Crippen LogP contribution is 2.25. The molecule has 0 bridgehead atoms. The van der Waals surface area contributed by atoms with Crippen molar-refractivity contribution in [3.8, 4) is 0 Å². The van der Waals surface area contributed by atoms with E-state index in [9.17, 15) is 8.42 Å². The van der Waals surface area contributed by atoms with Crippen LogP contribution in [0.3, 0.4) is 0 Å². The van der Waals surface area contributed by atoms with Crippen LogP contribution in [0.25, 0.3) is 0 Å². The summed E-state index contributed by atoms with van der Waals surface area (Å²) in [5.74, 6) is 0. The lowest BCUT2D eigenvalue weighted by Crippen LogP contribution is -2.46. The van der Waals surface area contributed by atoms with Crippen molar-refractivity contribution in [1.29, 1.82) is 0 Å². The molecule has 144 valence electrons. The lowest BCUT2D eigenvalue weighted by atomic mass is 10.1. The summed E-state index contributed by atoms with van der Waals surface area (Å²) < 4.78 is 35.2. The highest BCUT2D eigenvalue weighted by Gasteiger charge is 2.33. The van der Waals surface area contributed by atoms with Crippen molar-refractivity contribution in [1.82, 2.24) is 19.4 Å². The maximum absolute atomic E-state index is 13.1. The lowest BCUT2D eigenvalue weighted by Gasteiger charge is -2.33. The fourth-order valence-corrected chi connectivity index (χ4v) is 5.27. The Balaban J connectivity index is 0.00000225. The van der Waals surface area contributed by atoms with Gasteiger partial charge in [-0.1, -0.05) is 6.92 Å². The Bertz CT molecular complexity index is 625. The van der Waals surface area contributed by atoms with Crippen LogP contribution in [0.15, 0.2) is 17.3 Å². The van der Waals surface area contributed by atoms with Gasteiger partial charge in [0.1, 0.15) is 4.90 Å². The van der Waals surface area contributed by atoms with Crippen molar-refractivity contribution in [3.05, 3.63) is 12.4 Å². The summed E-state index contributed by atoms with van der Waals surface area (Å²) in [6.07, 6.45) is 7.53. The highest BCUT2D eigenvalue weighted by atomic mass is 35.5. The predicted octanol–water partition coefficient (Wildman–Crippen LogP) is 1.81. The number of halogens is 1. The number of rotatable bonds is 6. The molecule has 0 spiro atoms. The zero-order chi connectivity index (χ0) is 17.0. The molecule has 25 heavy (non-hydrogen) atoms. The van der Waals surface area contributed by atoms with Gasteiger partial charge >= 0.3 is 0 Å². The van der Waals surface area contributed by atoms with E-state index >= 15 is 0 Å². The second-order valence-corrected chi connectivity index (χ2v) is 8.49. The number of piperidine rings is 1. The fourth-order valence-electron chi connectivity index (χ4n) is 3.55. The number of hydrogen-bond donors (Lipinski definition) is 1. The molecular formula is C16H29ClN4O3S. The summed E-state index contributed by atoms with van der Waals surface area (Å²) in [5, 5.41) is 7.64. The van der Waals surface area contributed by atoms with Gasteiger partial charge < -0.3 is 10.1 Å². The molecule has 2 aliphatic heterocycles. The predicted molar refractivity (Wildman–Crippen MR) is 98.6 cm³/mol. The molecule has 1 aromatic rings. The van der Waals surface area contributed by atoms with Gasteiger partial charge in [0.2, 0.25) is 10.0 Å². The number of ether oxygens (including phenoxy) is 1. The van der Waals surface area contributed by atoms with E-state index in [1.165, 1.54) is 6.20 Å². The minimum atomic E-state index is -3.49. The van der Waals surface area contributed by atoms with Crippen LogP contribution in [0.4, 0.5) is 0 Å². The quantitative estimate of drug-likeness (QED) is 0.798. The summed E-state index contributed by atoms with van der Waals surface area (Å²) in [6.45, 7) is 5.77. The molecule has 2 saturated heterocycles. The number of hydrogen-bond acceptors (Lipinski definition) is 5. The van der Waals surface area contributed by atoms with Crippen LogP contribution >= 0.6 is 12.4 Å². The summed E-state index contributed by atoms with van der Waals surface area (Å²) in [4.78, 5) is 0.320. The van der Waals surface area contributed by atoms with Gasteiger partial charge in [-0.05, 0) is 45.2 Å². The van der Waals surface area contributed by atoms with Crippen molar-refractivity contribution in [2.75, 3.05) is 32.8 Å². The average molecular weight is 393 g/mol. The number of nitrogens with one attached hydrogen (secondary N) is 1. The minimum Gasteiger partial charge on any atom is -0.381 e. The molecule has 0 unspecified atom stereocenters. The van der Waals surface area contributed by atoms with E-state index in [2.05, 4.69) is 10.4 Å². The minimum absolute atomic E-state index is 0. The van der Waals surface area contributed by atoms with E-state index in [0.29, 0.717) is 24.7 Å². The van der Waals surface area contributed by atoms with Crippen LogP contribution in [0.5, 0.6) is 0 Å². The first kappa shape index (κ1) is 20.6. The molecule has 7 nitrogen and oxygen atoms in total. The molecule has 3 rings (SSSR count). The van der Waals surface area contributed by atoms with Crippen molar-refractivity contribution < 1.29 is 13.2 Å². The molecule has 2 fully saturated rings. The Morgan fingerprint density at radius 1 is 1.28 bits per heavy atom. The van der Waals surface area contributed by atoms with Gasteiger partial charge in [0.25, 0.3) is 0 Å². The number of sulfonamides is 1. The zero-order valence-electron chi connectivity index (χ0n) is 14.8. The van der Waals surface area contributed by atoms with Crippen molar-refractivity contribution in [2.45, 2.75) is 56.0 Å². The molecule has 9 heteroatoms. The Morgan fingerprint density at radius 2 is 1.96 bits per heavy atom. The molecule has 2 aliphatic rings. The van der Waals surface area contributed by atoms with E-state index in [0.717, 1.165) is 45.2 Å². The third-order valence-electron chi connectivity index (χ3n) is 4.91. The fraction of sp³-hybridized carbons (Fsp3) is 0.812. The Labute approximate surface area is 156 Å². The topological polar surface area (TPSA) is 76.5 Å². The Kier molecular flexibility index (Phi) is 7.69. The first-order chi connectivity index (χ1) is 11.6. The van der Waals surface area contributed by atoms with Crippen molar-refractivity contribution >= 4 is 22.4 Å². The van der Waals surface area contributed by atoms with Crippen LogP contribution in [-0.4, -0.2) is 61.4 Å². The van der Waals surface area contributed by atoms with Gasteiger partial charge in [0.05, 0.1) is 12.2 Å². The maximum atomic E-state index is 13.1. The van der Waals surface area contributed by atoms with E-state index in [-0.39, 0.29) is 24.5 Å². The highest BCUT2D eigenvalue weighted by molar-refractivity contribution is 7.89. The van der Waals surface area contributed by atoms with Crippen molar-refractivity contribution in [3.63, 3.8) is 0 Å². The van der Waals surface area contributed by atoms with Gasteiger partial charge in [-0.15, -0.1) is 12.4 Å². The second-order valence-electron chi connectivity index (χ2n) is 6.60. The van der Waals surface area contributed by atoms with Gasteiger partial charge in [-0.25, -0.2) is 8.42 Å². The van der Waals surface area contributed by atoms with E-state index < -0.39 is 10.0 Å². The van der Waals surface area contributed by atoms with Crippen LogP contribution in [0.1, 0.15) is 45.1 Å². The number of nitrogens with zero attached hydrogens (tertiary/aromatic N) is 3. The lowest BCUT2D eigenvalue weighted by molar-refractivity contribution is 0.0662. The Hall–Kier alpha value is -0.670. The van der Waals surface area contributed by atoms with Gasteiger partial charge in [0, 0.05) is 32.0 Å². The largest absolute Gasteiger partial charge is 0.381 e.